The number of anilines is 1. The van der Waals surface area contributed by atoms with Gasteiger partial charge in [-0.3, -0.25) is 14.6 Å². The highest BCUT2D eigenvalue weighted by molar-refractivity contribution is 6.11. The van der Waals surface area contributed by atoms with Gasteiger partial charge in [0.1, 0.15) is 5.76 Å². The second-order valence-electron chi connectivity index (χ2n) is 8.41. The van der Waals surface area contributed by atoms with E-state index in [1.165, 1.54) is 0 Å². The van der Waals surface area contributed by atoms with Crippen LogP contribution in [0, 0.1) is 13.8 Å². The fraction of sp³-hybridized carbons (Fsp3) is 0.185. The summed E-state index contributed by atoms with van der Waals surface area (Å²) in [6.45, 7) is 3.82. The van der Waals surface area contributed by atoms with E-state index in [0.717, 1.165) is 22.9 Å². The van der Waals surface area contributed by atoms with Crippen molar-refractivity contribution in [3.63, 3.8) is 0 Å². The molecule has 2 N–H and O–H groups in total. The fourth-order valence-electron chi connectivity index (χ4n) is 4.27. The van der Waals surface area contributed by atoms with Crippen molar-refractivity contribution in [2.24, 2.45) is 5.10 Å². The molecule has 7 nitrogen and oxygen atoms in total. The number of carbonyl (C=O) groups is 2. The summed E-state index contributed by atoms with van der Waals surface area (Å²) >= 11 is 0. The summed E-state index contributed by atoms with van der Waals surface area (Å²) in [5, 5.41) is 8.27. The molecule has 0 atom stereocenters. The molecule has 2 aromatic heterocycles. The first-order chi connectivity index (χ1) is 16.5. The van der Waals surface area contributed by atoms with Crippen LogP contribution in [0.3, 0.4) is 0 Å². The Hall–Kier alpha value is -4.26. The molecule has 0 bridgehead atoms. The van der Waals surface area contributed by atoms with Crippen LogP contribution in [-0.4, -0.2) is 22.5 Å². The number of benzene rings is 2. The molecular formula is C27H24N4O3. The van der Waals surface area contributed by atoms with Gasteiger partial charge in [-0.05, 0) is 51.0 Å². The second-order valence-corrected chi connectivity index (χ2v) is 8.41. The molecule has 1 aliphatic carbocycles. The van der Waals surface area contributed by atoms with Gasteiger partial charge in [-0.25, -0.2) is 5.43 Å². The van der Waals surface area contributed by atoms with E-state index in [1.54, 1.807) is 18.3 Å². The molecule has 170 valence electrons. The van der Waals surface area contributed by atoms with Gasteiger partial charge in [0, 0.05) is 34.7 Å². The largest absolute Gasteiger partial charge is 0.455 e. The van der Waals surface area contributed by atoms with Crippen LogP contribution in [-0.2, 0) is 6.42 Å². The number of fused-ring (bicyclic) bond motifs is 2. The number of nitrogens with zero attached hydrogens (tertiary/aromatic N) is 2. The van der Waals surface area contributed by atoms with Gasteiger partial charge in [0.05, 0.1) is 16.9 Å². The van der Waals surface area contributed by atoms with Crippen molar-refractivity contribution in [3.05, 3.63) is 94.6 Å². The molecule has 0 aliphatic heterocycles. The molecule has 2 amide bonds. The van der Waals surface area contributed by atoms with Gasteiger partial charge < -0.3 is 9.73 Å². The van der Waals surface area contributed by atoms with Crippen LogP contribution in [0.25, 0.3) is 10.9 Å². The highest BCUT2D eigenvalue weighted by Crippen LogP contribution is 2.31. The van der Waals surface area contributed by atoms with Crippen molar-refractivity contribution < 1.29 is 14.0 Å². The summed E-state index contributed by atoms with van der Waals surface area (Å²) in [7, 11) is 0. The summed E-state index contributed by atoms with van der Waals surface area (Å²) in [4.78, 5) is 30.0. The van der Waals surface area contributed by atoms with Crippen LogP contribution in [0.2, 0.25) is 0 Å². The zero-order valence-corrected chi connectivity index (χ0v) is 19.0. The topological polar surface area (TPSA) is 96.6 Å². The lowest BCUT2D eigenvalue weighted by Crippen LogP contribution is -2.22. The van der Waals surface area contributed by atoms with Gasteiger partial charge in [-0.15, -0.1) is 0 Å². The molecule has 0 fully saturated rings. The number of carbonyl (C=O) groups excluding carboxylic acids is 2. The Morgan fingerprint density at radius 2 is 1.76 bits per heavy atom. The molecule has 2 heterocycles. The highest BCUT2D eigenvalue weighted by Gasteiger charge is 2.28. The minimum atomic E-state index is -0.340. The molecule has 5 rings (SSSR count). The number of hydrogen-bond acceptors (Lipinski definition) is 5. The molecule has 0 spiro atoms. The van der Waals surface area contributed by atoms with Crippen LogP contribution in [0.1, 0.15) is 56.2 Å². The standard InChI is InChI=1S/C27H24N4O3/c1-16-11-13-19(14-12-16)26(32)31-30-20-8-4-10-22-23(20)17(2)25(34-22)27(33)29-21-9-3-6-18-7-5-15-28-24(18)21/h3,5-7,9,11-15H,4,8,10H2,1-2H3,(H,29,33)(H,31,32)/b30-20+. The zero-order valence-electron chi connectivity index (χ0n) is 19.0. The Morgan fingerprint density at radius 1 is 0.971 bits per heavy atom. The number of para-hydroxylation sites is 1. The predicted octanol–water partition coefficient (Wildman–Crippen LogP) is 5.17. The lowest BCUT2D eigenvalue weighted by molar-refractivity contribution is 0.0953. The minimum Gasteiger partial charge on any atom is -0.455 e. The Bertz CT molecular complexity index is 1430. The van der Waals surface area contributed by atoms with E-state index in [9.17, 15) is 9.59 Å². The summed E-state index contributed by atoms with van der Waals surface area (Å²) < 4.78 is 5.99. The lowest BCUT2D eigenvalue weighted by Gasteiger charge is -2.13. The number of aromatic nitrogens is 1. The van der Waals surface area contributed by atoms with Gasteiger partial charge in [0.15, 0.2) is 5.76 Å². The van der Waals surface area contributed by atoms with Crippen molar-refractivity contribution >= 4 is 34.1 Å². The quantitative estimate of drug-likeness (QED) is 0.418. The Balaban J connectivity index is 1.40. The zero-order chi connectivity index (χ0) is 23.7. The van der Waals surface area contributed by atoms with Crippen molar-refractivity contribution in [2.75, 3.05) is 5.32 Å². The maximum atomic E-state index is 13.1. The highest BCUT2D eigenvalue weighted by atomic mass is 16.4. The molecule has 4 aromatic rings. The third-order valence-electron chi connectivity index (χ3n) is 6.02. The summed E-state index contributed by atoms with van der Waals surface area (Å²) in [6.07, 6.45) is 3.93. The number of nitrogens with one attached hydrogen (secondary N) is 2. The fourth-order valence-corrected chi connectivity index (χ4v) is 4.27. The SMILES string of the molecule is Cc1ccc(C(=O)N/N=C2\CCCc3oc(C(=O)Nc4cccc5cccnc45)c(C)c32)cc1. The van der Waals surface area contributed by atoms with Crippen LogP contribution in [0.15, 0.2) is 70.3 Å². The Labute approximate surface area is 196 Å². The molecular weight excluding hydrogens is 428 g/mol. The molecule has 2 aromatic carbocycles. The molecule has 0 radical (unpaired) electrons. The first kappa shape index (κ1) is 21.6. The second kappa shape index (κ2) is 8.94. The van der Waals surface area contributed by atoms with Crippen LogP contribution in [0.4, 0.5) is 5.69 Å². The molecule has 7 heteroatoms. The molecule has 34 heavy (non-hydrogen) atoms. The molecule has 0 saturated carbocycles. The maximum Gasteiger partial charge on any atom is 0.291 e. The normalized spacial score (nSPS) is 14.1. The van der Waals surface area contributed by atoms with Crippen molar-refractivity contribution in [1.29, 1.82) is 0 Å². The van der Waals surface area contributed by atoms with E-state index in [1.807, 2.05) is 56.3 Å². The monoisotopic (exact) mass is 452 g/mol. The molecule has 0 unspecified atom stereocenters. The lowest BCUT2D eigenvalue weighted by atomic mass is 9.93. The van der Waals surface area contributed by atoms with Crippen LogP contribution in [0.5, 0.6) is 0 Å². The Kier molecular flexibility index (Phi) is 5.67. The van der Waals surface area contributed by atoms with E-state index < -0.39 is 0 Å². The van der Waals surface area contributed by atoms with Crippen LogP contribution < -0.4 is 10.7 Å². The van der Waals surface area contributed by atoms with Gasteiger partial charge in [0.25, 0.3) is 11.8 Å². The first-order valence-electron chi connectivity index (χ1n) is 11.2. The van der Waals surface area contributed by atoms with E-state index in [2.05, 4.69) is 20.8 Å². The Morgan fingerprint density at radius 3 is 2.59 bits per heavy atom. The average Bonchev–Trinajstić information content (AvgIpc) is 3.20. The smallest absolute Gasteiger partial charge is 0.291 e. The number of pyridine rings is 1. The number of hydrogen-bond donors (Lipinski definition) is 2. The summed E-state index contributed by atoms with van der Waals surface area (Å²) in [6, 6.07) is 16.8. The van der Waals surface area contributed by atoms with Gasteiger partial charge in [0.2, 0.25) is 0 Å². The van der Waals surface area contributed by atoms with Crippen molar-refractivity contribution in [2.45, 2.75) is 33.1 Å². The van der Waals surface area contributed by atoms with E-state index in [0.29, 0.717) is 46.6 Å². The van der Waals surface area contributed by atoms with Gasteiger partial charge in [-0.2, -0.15) is 5.10 Å². The number of furan rings is 1. The third kappa shape index (κ3) is 4.08. The molecule has 1 aliphatic rings. The third-order valence-corrected chi connectivity index (χ3v) is 6.02. The minimum absolute atomic E-state index is 0.248. The predicted molar refractivity (Wildman–Crippen MR) is 131 cm³/mol. The van der Waals surface area contributed by atoms with Crippen molar-refractivity contribution in [3.8, 4) is 0 Å². The first-order valence-corrected chi connectivity index (χ1v) is 11.2. The average molecular weight is 453 g/mol. The van der Waals surface area contributed by atoms with Gasteiger partial charge in [-0.1, -0.05) is 35.9 Å². The number of amides is 2. The van der Waals surface area contributed by atoms with E-state index >= 15 is 0 Å². The molecule has 0 saturated heterocycles. The number of hydrazone groups is 1. The van der Waals surface area contributed by atoms with Crippen LogP contribution >= 0.6 is 0 Å². The van der Waals surface area contributed by atoms with E-state index in [-0.39, 0.29) is 17.6 Å². The van der Waals surface area contributed by atoms with Crippen molar-refractivity contribution in [1.82, 2.24) is 10.4 Å². The van der Waals surface area contributed by atoms with Gasteiger partial charge >= 0.3 is 0 Å². The number of rotatable bonds is 4. The summed E-state index contributed by atoms with van der Waals surface area (Å²) in [5.74, 6) is 0.348. The number of aryl methyl sites for hydroxylation is 2. The summed E-state index contributed by atoms with van der Waals surface area (Å²) in [5.41, 5.74) is 7.84. The maximum absolute atomic E-state index is 13.1. The van der Waals surface area contributed by atoms with E-state index in [4.69, 9.17) is 4.42 Å².